The van der Waals surface area contributed by atoms with Crippen LogP contribution in [0.5, 0.6) is 0 Å². The van der Waals surface area contributed by atoms with E-state index in [9.17, 15) is 5.11 Å². The topological polar surface area (TPSA) is 32.3 Å². The van der Waals surface area contributed by atoms with Gasteiger partial charge < -0.3 is 10.4 Å². The molecule has 90 valence electrons. The van der Waals surface area contributed by atoms with Crippen molar-refractivity contribution in [2.24, 2.45) is 0 Å². The molecule has 1 atom stereocenters. The minimum Gasteiger partial charge on any atom is -0.396 e. The fourth-order valence-corrected chi connectivity index (χ4v) is 2.24. The van der Waals surface area contributed by atoms with Gasteiger partial charge in [-0.2, -0.15) is 0 Å². The number of rotatable bonds is 6. The Bertz CT molecular complexity index is 299. The Hall–Kier alpha value is -0.860. The first-order valence-electron chi connectivity index (χ1n) is 6.11. The van der Waals surface area contributed by atoms with E-state index in [1.54, 1.807) is 0 Å². The highest BCUT2D eigenvalue weighted by molar-refractivity contribution is 5.28. The summed E-state index contributed by atoms with van der Waals surface area (Å²) in [5.74, 6) is 0. The van der Waals surface area contributed by atoms with Crippen LogP contribution in [0.2, 0.25) is 0 Å². The molecule has 0 heterocycles. The molecule has 2 nitrogen and oxygen atoms in total. The maximum Gasteiger partial charge on any atom is 0.0453 e. The summed E-state index contributed by atoms with van der Waals surface area (Å²) >= 11 is 0. The molecule has 0 amide bonds. The lowest BCUT2D eigenvalue weighted by Gasteiger charge is -2.34. The summed E-state index contributed by atoms with van der Waals surface area (Å²) in [5.41, 5.74) is 2.47. The highest BCUT2D eigenvalue weighted by Crippen LogP contribution is 2.28. The summed E-state index contributed by atoms with van der Waals surface area (Å²) in [7, 11) is 0. The third-order valence-electron chi connectivity index (χ3n) is 3.26. The van der Waals surface area contributed by atoms with Crippen LogP contribution in [-0.4, -0.2) is 18.3 Å². The Morgan fingerprint density at radius 3 is 2.25 bits per heavy atom. The van der Waals surface area contributed by atoms with Gasteiger partial charge in [0.05, 0.1) is 0 Å². The molecule has 1 unspecified atom stereocenters. The maximum atomic E-state index is 9.24. The molecular weight excluding hydrogens is 198 g/mol. The van der Waals surface area contributed by atoms with Gasteiger partial charge >= 0.3 is 0 Å². The van der Waals surface area contributed by atoms with E-state index in [1.807, 2.05) is 0 Å². The molecule has 16 heavy (non-hydrogen) atoms. The van der Waals surface area contributed by atoms with Crippen molar-refractivity contribution in [2.45, 2.75) is 39.2 Å². The molecule has 2 N–H and O–H groups in total. The van der Waals surface area contributed by atoms with Gasteiger partial charge in [-0.15, -0.1) is 0 Å². The number of hydrogen-bond acceptors (Lipinski definition) is 2. The van der Waals surface area contributed by atoms with Gasteiger partial charge in [0.25, 0.3) is 0 Å². The predicted molar refractivity (Wildman–Crippen MR) is 68.5 cm³/mol. The summed E-state index contributed by atoms with van der Waals surface area (Å²) in [6.45, 7) is 7.50. The molecule has 0 aliphatic heterocycles. The molecule has 0 aromatic heterocycles. The summed E-state index contributed by atoms with van der Waals surface area (Å²) in [6, 6.07) is 8.59. The zero-order valence-electron chi connectivity index (χ0n) is 10.6. The molecule has 0 aliphatic rings. The third-order valence-corrected chi connectivity index (χ3v) is 3.26. The minimum absolute atomic E-state index is 0.0722. The van der Waals surface area contributed by atoms with Crippen LogP contribution in [0, 0.1) is 6.92 Å². The minimum atomic E-state index is -0.0722. The van der Waals surface area contributed by atoms with E-state index in [0.29, 0.717) is 0 Å². The maximum absolute atomic E-state index is 9.24. The molecule has 1 aromatic rings. The van der Waals surface area contributed by atoms with Crippen LogP contribution in [0.15, 0.2) is 24.3 Å². The number of aryl methyl sites for hydroxylation is 1. The average Bonchev–Trinajstić information content (AvgIpc) is 2.29. The van der Waals surface area contributed by atoms with Crippen LogP contribution in [0.1, 0.15) is 37.8 Å². The van der Waals surface area contributed by atoms with Crippen molar-refractivity contribution in [2.75, 3.05) is 13.2 Å². The highest BCUT2D eigenvalue weighted by Gasteiger charge is 2.28. The van der Waals surface area contributed by atoms with Crippen molar-refractivity contribution < 1.29 is 5.11 Å². The van der Waals surface area contributed by atoms with Crippen molar-refractivity contribution in [3.63, 3.8) is 0 Å². The fourth-order valence-electron chi connectivity index (χ4n) is 2.24. The fraction of sp³-hybridized carbons (Fsp3) is 0.571. The van der Waals surface area contributed by atoms with Gasteiger partial charge in [-0.3, -0.25) is 0 Å². The van der Waals surface area contributed by atoms with E-state index >= 15 is 0 Å². The van der Waals surface area contributed by atoms with Crippen LogP contribution in [0.4, 0.5) is 0 Å². The van der Waals surface area contributed by atoms with Crippen LogP contribution in [-0.2, 0) is 5.54 Å². The number of hydrogen-bond donors (Lipinski definition) is 2. The van der Waals surface area contributed by atoms with E-state index in [0.717, 1.165) is 19.4 Å². The van der Waals surface area contributed by atoms with Gasteiger partial charge in [0.1, 0.15) is 0 Å². The summed E-state index contributed by atoms with van der Waals surface area (Å²) in [4.78, 5) is 0. The summed E-state index contributed by atoms with van der Waals surface area (Å²) < 4.78 is 0. The van der Waals surface area contributed by atoms with Crippen LogP contribution in [0.25, 0.3) is 0 Å². The third kappa shape index (κ3) is 2.83. The average molecular weight is 221 g/mol. The lowest BCUT2D eigenvalue weighted by Crippen LogP contribution is -2.42. The van der Waals surface area contributed by atoms with Crippen molar-refractivity contribution in [1.29, 1.82) is 0 Å². The number of benzene rings is 1. The van der Waals surface area contributed by atoms with E-state index in [1.165, 1.54) is 11.1 Å². The van der Waals surface area contributed by atoms with E-state index in [2.05, 4.69) is 50.4 Å². The zero-order chi connectivity index (χ0) is 12.0. The second-order valence-corrected chi connectivity index (χ2v) is 4.31. The van der Waals surface area contributed by atoms with Crippen molar-refractivity contribution >= 4 is 0 Å². The largest absolute Gasteiger partial charge is 0.396 e. The lowest BCUT2D eigenvalue weighted by molar-refractivity contribution is 0.206. The van der Waals surface area contributed by atoms with Crippen molar-refractivity contribution in [3.8, 4) is 0 Å². The normalized spacial score (nSPS) is 14.8. The smallest absolute Gasteiger partial charge is 0.0453 e. The molecule has 1 rings (SSSR count). The summed E-state index contributed by atoms with van der Waals surface area (Å²) in [5, 5.41) is 12.8. The van der Waals surface area contributed by atoms with Crippen LogP contribution in [0.3, 0.4) is 0 Å². The molecule has 0 saturated carbocycles. The number of nitrogens with one attached hydrogen (secondary N) is 1. The van der Waals surface area contributed by atoms with Gasteiger partial charge in [-0.1, -0.05) is 43.7 Å². The quantitative estimate of drug-likeness (QED) is 0.774. The van der Waals surface area contributed by atoms with Gasteiger partial charge in [0.15, 0.2) is 0 Å². The molecule has 0 aliphatic carbocycles. The van der Waals surface area contributed by atoms with Gasteiger partial charge in [-0.25, -0.2) is 0 Å². The van der Waals surface area contributed by atoms with E-state index in [4.69, 9.17) is 0 Å². The first-order valence-corrected chi connectivity index (χ1v) is 6.11. The Morgan fingerprint density at radius 2 is 1.81 bits per heavy atom. The molecule has 0 spiro atoms. The first kappa shape index (κ1) is 13.2. The molecule has 2 heteroatoms. The Kier molecular flexibility index (Phi) is 4.97. The zero-order valence-corrected chi connectivity index (χ0v) is 10.6. The second kappa shape index (κ2) is 6.02. The molecule has 1 aromatic carbocycles. The Morgan fingerprint density at radius 1 is 1.19 bits per heavy atom. The monoisotopic (exact) mass is 221 g/mol. The van der Waals surface area contributed by atoms with E-state index < -0.39 is 0 Å². The van der Waals surface area contributed by atoms with Gasteiger partial charge in [0.2, 0.25) is 0 Å². The molecule has 0 fully saturated rings. The van der Waals surface area contributed by atoms with Gasteiger partial charge in [-0.05, 0) is 31.9 Å². The number of aliphatic hydroxyl groups is 1. The number of aliphatic hydroxyl groups excluding tert-OH is 1. The molecule has 0 radical (unpaired) electrons. The summed E-state index contributed by atoms with van der Waals surface area (Å²) in [6.07, 6.45) is 1.75. The Labute approximate surface area is 98.7 Å². The molecule has 0 saturated heterocycles. The van der Waals surface area contributed by atoms with E-state index in [-0.39, 0.29) is 12.1 Å². The van der Waals surface area contributed by atoms with Crippen molar-refractivity contribution in [1.82, 2.24) is 5.32 Å². The first-order chi connectivity index (χ1) is 7.68. The van der Waals surface area contributed by atoms with Crippen LogP contribution < -0.4 is 5.32 Å². The van der Waals surface area contributed by atoms with Crippen molar-refractivity contribution in [3.05, 3.63) is 35.4 Å². The molecule has 0 bridgehead atoms. The molecular formula is C14H23NO. The SMILES string of the molecule is CCNC(CC)(CCO)c1ccc(C)cc1. The second-order valence-electron chi connectivity index (χ2n) is 4.31. The predicted octanol–water partition coefficient (Wildman–Crippen LogP) is 2.59. The lowest BCUT2D eigenvalue weighted by atomic mass is 9.84. The van der Waals surface area contributed by atoms with Gasteiger partial charge in [0, 0.05) is 12.1 Å². The van der Waals surface area contributed by atoms with Crippen LogP contribution >= 0.6 is 0 Å². The highest BCUT2D eigenvalue weighted by atomic mass is 16.3. The standard InChI is InChI=1S/C14H23NO/c1-4-14(10-11-16,15-5-2)13-8-6-12(3)7-9-13/h6-9,15-16H,4-5,10-11H2,1-3H3. The Balaban J connectivity index is 3.02.